The summed E-state index contributed by atoms with van der Waals surface area (Å²) in [7, 11) is 0. The number of amides is 3. The van der Waals surface area contributed by atoms with Gasteiger partial charge in [0.15, 0.2) is 5.82 Å². The molecule has 1 aromatic carbocycles. The zero-order chi connectivity index (χ0) is 21.0. The number of piperazine rings is 1. The van der Waals surface area contributed by atoms with Gasteiger partial charge in [0.2, 0.25) is 0 Å². The number of carbonyl (C=O) groups excluding carboxylic acids is 1. The average molecular weight is 401 g/mol. The maximum Gasteiger partial charge on any atom is 0.407 e. The molecule has 0 saturated carbocycles. The van der Waals surface area contributed by atoms with Crippen LogP contribution in [0.15, 0.2) is 42.7 Å². The van der Waals surface area contributed by atoms with Crippen LogP contribution in [0.4, 0.5) is 25.4 Å². The van der Waals surface area contributed by atoms with Gasteiger partial charge in [-0.3, -0.25) is 9.88 Å². The number of aromatic nitrogens is 1. The largest absolute Gasteiger partial charge is 0.465 e. The Morgan fingerprint density at radius 1 is 1.17 bits per heavy atom. The van der Waals surface area contributed by atoms with Gasteiger partial charge in [-0.15, -0.1) is 0 Å². The van der Waals surface area contributed by atoms with Gasteiger partial charge in [0.1, 0.15) is 0 Å². The molecule has 3 amide bonds. The summed E-state index contributed by atoms with van der Waals surface area (Å²) >= 11 is 0. The van der Waals surface area contributed by atoms with E-state index in [1.807, 2.05) is 13.8 Å². The SMILES string of the molecule is CC1CN(C(=O)O)CC(C)N1Cc1cccc(NC(=O)Nc2cccnc2)c1F. The van der Waals surface area contributed by atoms with Crippen LogP contribution in [-0.4, -0.2) is 57.2 Å². The minimum Gasteiger partial charge on any atom is -0.465 e. The summed E-state index contributed by atoms with van der Waals surface area (Å²) in [6, 6.07) is 7.54. The molecular formula is C20H24FN5O3. The van der Waals surface area contributed by atoms with Gasteiger partial charge in [-0.05, 0) is 32.0 Å². The van der Waals surface area contributed by atoms with Crippen LogP contribution in [0.25, 0.3) is 0 Å². The molecule has 3 N–H and O–H groups in total. The maximum atomic E-state index is 15.0. The smallest absolute Gasteiger partial charge is 0.407 e. The third kappa shape index (κ3) is 5.00. The Labute approximate surface area is 168 Å². The van der Waals surface area contributed by atoms with Crippen LogP contribution in [0, 0.1) is 5.82 Å². The van der Waals surface area contributed by atoms with Crippen LogP contribution in [0.2, 0.25) is 0 Å². The average Bonchev–Trinajstić information content (AvgIpc) is 2.68. The topological polar surface area (TPSA) is 97.8 Å². The molecule has 3 rings (SSSR count). The van der Waals surface area contributed by atoms with E-state index in [1.165, 1.54) is 17.2 Å². The number of halogens is 1. The van der Waals surface area contributed by atoms with Crippen molar-refractivity contribution in [3.63, 3.8) is 0 Å². The number of carboxylic acid groups (broad SMARTS) is 1. The fourth-order valence-corrected chi connectivity index (χ4v) is 3.54. The van der Waals surface area contributed by atoms with Crippen molar-refractivity contribution in [2.75, 3.05) is 23.7 Å². The Hall–Kier alpha value is -3.20. The van der Waals surface area contributed by atoms with Crippen molar-refractivity contribution >= 4 is 23.5 Å². The van der Waals surface area contributed by atoms with Crippen LogP contribution in [0.5, 0.6) is 0 Å². The lowest BCUT2D eigenvalue weighted by Crippen LogP contribution is -2.57. The van der Waals surface area contributed by atoms with Crippen molar-refractivity contribution in [1.29, 1.82) is 0 Å². The summed E-state index contributed by atoms with van der Waals surface area (Å²) in [6.45, 7) is 4.90. The summed E-state index contributed by atoms with van der Waals surface area (Å²) in [6.07, 6.45) is 2.14. The van der Waals surface area contributed by atoms with Gasteiger partial charge in [0.05, 0.1) is 17.6 Å². The van der Waals surface area contributed by atoms with Gasteiger partial charge in [-0.2, -0.15) is 0 Å². The van der Waals surface area contributed by atoms with Crippen molar-refractivity contribution in [3.8, 4) is 0 Å². The maximum absolute atomic E-state index is 15.0. The Morgan fingerprint density at radius 3 is 2.52 bits per heavy atom. The Kier molecular flexibility index (Phi) is 6.28. The zero-order valence-corrected chi connectivity index (χ0v) is 16.3. The van der Waals surface area contributed by atoms with E-state index in [2.05, 4.69) is 20.5 Å². The molecule has 8 nitrogen and oxygen atoms in total. The molecule has 9 heteroatoms. The molecule has 1 aliphatic rings. The van der Waals surface area contributed by atoms with E-state index in [0.29, 0.717) is 30.9 Å². The molecule has 2 heterocycles. The van der Waals surface area contributed by atoms with Crippen LogP contribution >= 0.6 is 0 Å². The van der Waals surface area contributed by atoms with Crippen LogP contribution in [0.1, 0.15) is 19.4 Å². The van der Waals surface area contributed by atoms with E-state index in [-0.39, 0.29) is 17.8 Å². The lowest BCUT2D eigenvalue weighted by atomic mass is 10.1. The summed E-state index contributed by atoms with van der Waals surface area (Å²) < 4.78 is 15.0. The Morgan fingerprint density at radius 2 is 1.90 bits per heavy atom. The number of pyridine rings is 1. The fourth-order valence-electron chi connectivity index (χ4n) is 3.54. The molecule has 1 aromatic heterocycles. The molecule has 2 unspecified atom stereocenters. The second kappa shape index (κ2) is 8.87. The fraction of sp³-hybridized carbons (Fsp3) is 0.350. The second-order valence-electron chi connectivity index (χ2n) is 7.16. The standard InChI is InChI=1S/C20H24FN5O3/c1-13-10-25(20(28)29)11-14(2)26(13)12-15-5-3-7-17(18(15)21)24-19(27)23-16-6-4-8-22-9-16/h3-9,13-14H,10-12H2,1-2H3,(H,28,29)(H2,23,24,27). The zero-order valence-electron chi connectivity index (χ0n) is 16.3. The summed E-state index contributed by atoms with van der Waals surface area (Å²) in [5, 5.41) is 14.3. The van der Waals surface area contributed by atoms with E-state index in [9.17, 15) is 19.1 Å². The Bertz CT molecular complexity index is 868. The van der Waals surface area contributed by atoms with Crippen molar-refractivity contribution in [2.45, 2.75) is 32.5 Å². The first-order valence-electron chi connectivity index (χ1n) is 9.34. The molecule has 1 aliphatic heterocycles. The van der Waals surface area contributed by atoms with Gasteiger partial charge in [-0.1, -0.05) is 12.1 Å². The normalized spacial score (nSPS) is 19.6. The molecule has 154 valence electrons. The summed E-state index contributed by atoms with van der Waals surface area (Å²) in [5.74, 6) is -0.506. The summed E-state index contributed by atoms with van der Waals surface area (Å²) in [5.41, 5.74) is 1.01. The molecule has 2 aromatic rings. The first kappa shape index (κ1) is 20.5. The number of nitrogens with zero attached hydrogens (tertiary/aromatic N) is 3. The lowest BCUT2D eigenvalue weighted by molar-refractivity contribution is 0.0344. The number of rotatable bonds is 4. The minimum atomic E-state index is -0.944. The van der Waals surface area contributed by atoms with Gasteiger partial charge >= 0.3 is 12.1 Å². The van der Waals surface area contributed by atoms with Gasteiger partial charge in [0.25, 0.3) is 0 Å². The predicted octanol–water partition coefficient (Wildman–Crippen LogP) is 3.44. The number of benzene rings is 1. The number of carbonyl (C=O) groups is 2. The number of hydrogen-bond donors (Lipinski definition) is 3. The first-order valence-corrected chi connectivity index (χ1v) is 9.34. The van der Waals surface area contributed by atoms with Gasteiger partial charge in [-0.25, -0.2) is 14.0 Å². The van der Waals surface area contributed by atoms with Crippen LogP contribution < -0.4 is 10.6 Å². The lowest BCUT2D eigenvalue weighted by Gasteiger charge is -2.43. The first-order chi connectivity index (χ1) is 13.8. The van der Waals surface area contributed by atoms with Crippen molar-refractivity contribution in [2.24, 2.45) is 0 Å². The van der Waals surface area contributed by atoms with Crippen molar-refractivity contribution < 1.29 is 19.1 Å². The highest BCUT2D eigenvalue weighted by Gasteiger charge is 2.32. The van der Waals surface area contributed by atoms with Gasteiger partial charge in [0, 0.05) is 43.5 Å². The summed E-state index contributed by atoms with van der Waals surface area (Å²) in [4.78, 5) is 30.7. The van der Waals surface area contributed by atoms with Gasteiger partial charge < -0.3 is 20.6 Å². The van der Waals surface area contributed by atoms with E-state index < -0.39 is 17.9 Å². The van der Waals surface area contributed by atoms with E-state index in [1.54, 1.807) is 30.5 Å². The quantitative estimate of drug-likeness (QED) is 0.729. The highest BCUT2D eigenvalue weighted by atomic mass is 19.1. The second-order valence-corrected chi connectivity index (χ2v) is 7.16. The number of urea groups is 1. The van der Waals surface area contributed by atoms with Crippen molar-refractivity contribution in [3.05, 3.63) is 54.1 Å². The molecular weight excluding hydrogens is 377 g/mol. The number of anilines is 2. The van der Waals surface area contributed by atoms with Crippen molar-refractivity contribution in [1.82, 2.24) is 14.8 Å². The number of hydrogen-bond acceptors (Lipinski definition) is 4. The predicted molar refractivity (Wildman–Crippen MR) is 107 cm³/mol. The molecule has 0 spiro atoms. The third-order valence-corrected chi connectivity index (χ3v) is 4.97. The molecule has 0 aliphatic carbocycles. The van der Waals surface area contributed by atoms with Crippen LogP contribution in [-0.2, 0) is 6.54 Å². The monoisotopic (exact) mass is 401 g/mol. The molecule has 2 atom stereocenters. The van der Waals surface area contributed by atoms with E-state index in [4.69, 9.17) is 0 Å². The van der Waals surface area contributed by atoms with E-state index >= 15 is 0 Å². The minimum absolute atomic E-state index is 0.0558. The highest BCUT2D eigenvalue weighted by Crippen LogP contribution is 2.24. The molecule has 1 saturated heterocycles. The molecule has 0 radical (unpaired) electrons. The third-order valence-electron chi connectivity index (χ3n) is 4.97. The molecule has 29 heavy (non-hydrogen) atoms. The van der Waals surface area contributed by atoms with Crippen LogP contribution in [0.3, 0.4) is 0 Å². The highest BCUT2D eigenvalue weighted by molar-refractivity contribution is 5.99. The Balaban J connectivity index is 1.68. The number of nitrogens with one attached hydrogen (secondary N) is 2. The molecule has 0 bridgehead atoms. The van der Waals surface area contributed by atoms with E-state index in [0.717, 1.165) is 0 Å². The molecule has 1 fully saturated rings.